The largest absolute Gasteiger partial charge is 0.493 e. The number of nitrogens with zero attached hydrogens (tertiary/aromatic N) is 1. The zero-order valence-corrected chi connectivity index (χ0v) is 16.0. The van der Waals surface area contributed by atoms with Gasteiger partial charge in [0.2, 0.25) is 5.91 Å². The molecule has 0 atom stereocenters. The van der Waals surface area contributed by atoms with Gasteiger partial charge in [0, 0.05) is 38.7 Å². The van der Waals surface area contributed by atoms with Gasteiger partial charge in [-0.3, -0.25) is 9.69 Å². The van der Waals surface area contributed by atoms with Crippen molar-refractivity contribution in [3.05, 3.63) is 65.5 Å². The molecule has 0 radical (unpaired) electrons. The predicted molar refractivity (Wildman–Crippen MR) is 106 cm³/mol. The van der Waals surface area contributed by atoms with Gasteiger partial charge in [-0.15, -0.1) is 0 Å². The topological polar surface area (TPSA) is 50.8 Å². The first-order valence-electron chi connectivity index (χ1n) is 9.72. The summed E-state index contributed by atoms with van der Waals surface area (Å²) in [5.74, 6) is 0.144. The molecule has 0 saturated carbocycles. The van der Waals surface area contributed by atoms with Crippen LogP contribution in [0.15, 0.2) is 48.5 Å². The third-order valence-electron chi connectivity index (χ3n) is 4.60. The summed E-state index contributed by atoms with van der Waals surface area (Å²) in [4.78, 5) is 14.4. The van der Waals surface area contributed by atoms with E-state index in [0.29, 0.717) is 31.7 Å². The quantitative estimate of drug-likeness (QED) is 0.673. The van der Waals surface area contributed by atoms with E-state index in [1.54, 1.807) is 12.1 Å². The molecule has 1 heterocycles. The van der Waals surface area contributed by atoms with E-state index in [1.807, 2.05) is 12.1 Å². The molecular formula is C22H27FN2O3. The average Bonchev–Trinajstić information content (AvgIpc) is 2.71. The molecule has 1 amide bonds. The van der Waals surface area contributed by atoms with Gasteiger partial charge in [0.1, 0.15) is 11.6 Å². The van der Waals surface area contributed by atoms with Crippen LogP contribution in [0.2, 0.25) is 0 Å². The van der Waals surface area contributed by atoms with Crippen molar-refractivity contribution in [3.63, 3.8) is 0 Å². The third-order valence-corrected chi connectivity index (χ3v) is 4.60. The average molecular weight is 386 g/mol. The van der Waals surface area contributed by atoms with Crippen LogP contribution in [-0.4, -0.2) is 43.7 Å². The number of hydrogen-bond donors (Lipinski definition) is 1. The lowest BCUT2D eigenvalue weighted by Crippen LogP contribution is -2.35. The number of hydrogen-bond acceptors (Lipinski definition) is 4. The summed E-state index contributed by atoms with van der Waals surface area (Å²) in [7, 11) is 0. The van der Waals surface area contributed by atoms with Crippen LogP contribution in [0.25, 0.3) is 0 Å². The Morgan fingerprint density at radius 3 is 2.71 bits per heavy atom. The second-order valence-electron chi connectivity index (χ2n) is 6.89. The summed E-state index contributed by atoms with van der Waals surface area (Å²) < 4.78 is 23.9. The molecule has 1 fully saturated rings. The first-order chi connectivity index (χ1) is 13.7. The third kappa shape index (κ3) is 6.94. The zero-order valence-electron chi connectivity index (χ0n) is 16.0. The van der Waals surface area contributed by atoms with E-state index in [0.717, 1.165) is 38.4 Å². The molecule has 2 aromatic carbocycles. The number of morpholine rings is 1. The molecule has 0 aliphatic carbocycles. The van der Waals surface area contributed by atoms with Gasteiger partial charge in [-0.1, -0.05) is 30.3 Å². The molecule has 2 aromatic rings. The molecule has 0 spiro atoms. The SMILES string of the molecule is O=C(CCCOc1cccc(F)c1)NCc1cccc(CN2CCOCC2)c1. The molecule has 1 N–H and O–H groups in total. The maximum absolute atomic E-state index is 13.1. The normalized spacial score (nSPS) is 14.6. The van der Waals surface area contributed by atoms with E-state index < -0.39 is 0 Å². The van der Waals surface area contributed by atoms with Gasteiger partial charge < -0.3 is 14.8 Å². The molecular weight excluding hydrogens is 359 g/mol. The summed E-state index contributed by atoms with van der Waals surface area (Å²) in [6.45, 7) is 5.30. The maximum atomic E-state index is 13.1. The first kappa shape index (κ1) is 20.3. The van der Waals surface area contributed by atoms with Crippen LogP contribution < -0.4 is 10.1 Å². The fourth-order valence-electron chi connectivity index (χ4n) is 3.12. The standard InChI is InChI=1S/C22H27FN2O3/c23-20-6-2-7-21(15-20)28-11-3-8-22(26)24-16-18-4-1-5-19(14-18)17-25-9-12-27-13-10-25/h1-2,4-7,14-15H,3,8-13,16-17H2,(H,24,26). The number of amides is 1. The summed E-state index contributed by atoms with van der Waals surface area (Å²) >= 11 is 0. The first-order valence-corrected chi connectivity index (χ1v) is 9.72. The molecule has 0 aromatic heterocycles. The van der Waals surface area contributed by atoms with Crippen LogP contribution in [-0.2, 0) is 22.6 Å². The number of ether oxygens (including phenoxy) is 2. The molecule has 0 unspecified atom stereocenters. The van der Waals surface area contributed by atoms with Crippen LogP contribution in [0.1, 0.15) is 24.0 Å². The van der Waals surface area contributed by atoms with E-state index >= 15 is 0 Å². The van der Waals surface area contributed by atoms with E-state index in [1.165, 1.54) is 17.7 Å². The molecule has 0 bridgehead atoms. The van der Waals surface area contributed by atoms with Gasteiger partial charge in [-0.2, -0.15) is 0 Å². The van der Waals surface area contributed by atoms with Gasteiger partial charge in [-0.25, -0.2) is 4.39 Å². The molecule has 1 aliphatic heterocycles. The van der Waals surface area contributed by atoms with E-state index in [-0.39, 0.29) is 11.7 Å². The Hall–Kier alpha value is -2.44. The van der Waals surface area contributed by atoms with Crippen molar-refractivity contribution in [1.29, 1.82) is 0 Å². The second kappa shape index (κ2) is 10.8. The van der Waals surface area contributed by atoms with Gasteiger partial charge in [-0.05, 0) is 29.7 Å². The van der Waals surface area contributed by atoms with Crippen molar-refractivity contribution >= 4 is 5.91 Å². The molecule has 28 heavy (non-hydrogen) atoms. The minimum atomic E-state index is -0.328. The van der Waals surface area contributed by atoms with Crippen LogP contribution in [0.5, 0.6) is 5.75 Å². The van der Waals surface area contributed by atoms with Gasteiger partial charge >= 0.3 is 0 Å². The monoisotopic (exact) mass is 386 g/mol. The van der Waals surface area contributed by atoms with Crippen molar-refractivity contribution in [2.75, 3.05) is 32.9 Å². The van der Waals surface area contributed by atoms with Crippen molar-refractivity contribution in [2.24, 2.45) is 0 Å². The Balaban J connectivity index is 1.35. The highest BCUT2D eigenvalue weighted by atomic mass is 19.1. The molecule has 5 nitrogen and oxygen atoms in total. The van der Waals surface area contributed by atoms with E-state index in [4.69, 9.17) is 9.47 Å². The van der Waals surface area contributed by atoms with Crippen molar-refractivity contribution < 1.29 is 18.7 Å². The smallest absolute Gasteiger partial charge is 0.220 e. The second-order valence-corrected chi connectivity index (χ2v) is 6.89. The Morgan fingerprint density at radius 2 is 1.89 bits per heavy atom. The van der Waals surface area contributed by atoms with Gasteiger partial charge in [0.05, 0.1) is 19.8 Å². The highest BCUT2D eigenvalue weighted by Gasteiger charge is 2.11. The molecule has 1 saturated heterocycles. The summed E-state index contributed by atoms with van der Waals surface area (Å²) in [5, 5.41) is 2.95. The minimum Gasteiger partial charge on any atom is -0.493 e. The zero-order chi connectivity index (χ0) is 19.6. The minimum absolute atomic E-state index is 0.0126. The number of halogens is 1. The Labute approximate surface area is 165 Å². The van der Waals surface area contributed by atoms with Crippen LogP contribution >= 0.6 is 0 Å². The highest BCUT2D eigenvalue weighted by molar-refractivity contribution is 5.75. The lowest BCUT2D eigenvalue weighted by Gasteiger charge is -2.26. The molecule has 3 rings (SSSR count). The van der Waals surface area contributed by atoms with Crippen molar-refractivity contribution in [1.82, 2.24) is 10.2 Å². The lowest BCUT2D eigenvalue weighted by molar-refractivity contribution is -0.121. The predicted octanol–water partition coefficient (Wildman–Crippen LogP) is 3.13. The van der Waals surface area contributed by atoms with Crippen LogP contribution in [0.4, 0.5) is 4.39 Å². The summed E-state index contributed by atoms with van der Waals surface area (Å²) in [6.07, 6.45) is 0.961. The van der Waals surface area contributed by atoms with Crippen molar-refractivity contribution in [2.45, 2.75) is 25.9 Å². The summed E-state index contributed by atoms with van der Waals surface area (Å²) in [5.41, 5.74) is 2.34. The Kier molecular flexibility index (Phi) is 7.82. The maximum Gasteiger partial charge on any atom is 0.220 e. The fraction of sp³-hybridized carbons (Fsp3) is 0.409. The molecule has 150 valence electrons. The van der Waals surface area contributed by atoms with E-state index in [2.05, 4.69) is 22.3 Å². The Bertz CT molecular complexity index is 763. The number of nitrogens with one attached hydrogen (secondary N) is 1. The summed E-state index contributed by atoms with van der Waals surface area (Å²) in [6, 6.07) is 14.3. The number of benzene rings is 2. The van der Waals surface area contributed by atoms with E-state index in [9.17, 15) is 9.18 Å². The van der Waals surface area contributed by atoms with Gasteiger partial charge in [0.15, 0.2) is 0 Å². The fourth-order valence-corrected chi connectivity index (χ4v) is 3.12. The van der Waals surface area contributed by atoms with Crippen LogP contribution in [0.3, 0.4) is 0 Å². The highest BCUT2D eigenvalue weighted by Crippen LogP contribution is 2.13. The Morgan fingerprint density at radius 1 is 1.11 bits per heavy atom. The lowest BCUT2D eigenvalue weighted by atomic mass is 10.1. The van der Waals surface area contributed by atoms with Crippen molar-refractivity contribution in [3.8, 4) is 5.75 Å². The number of carbonyl (C=O) groups excluding carboxylic acids is 1. The molecule has 6 heteroatoms. The van der Waals surface area contributed by atoms with Crippen LogP contribution in [0, 0.1) is 5.82 Å². The number of carbonyl (C=O) groups is 1. The number of rotatable bonds is 9. The van der Waals surface area contributed by atoms with Gasteiger partial charge in [0.25, 0.3) is 0 Å². The molecule has 1 aliphatic rings.